The molecule has 2 aromatic rings. The lowest BCUT2D eigenvalue weighted by atomic mass is 10.0. The van der Waals surface area contributed by atoms with Crippen molar-refractivity contribution in [2.45, 2.75) is 39.8 Å². The van der Waals surface area contributed by atoms with Crippen LogP contribution in [0.3, 0.4) is 0 Å². The van der Waals surface area contributed by atoms with Crippen LogP contribution in [0, 0.1) is 12.8 Å². The Morgan fingerprint density at radius 1 is 1.21 bits per heavy atom. The first kappa shape index (κ1) is 13.7. The molecule has 1 N–H and O–H groups in total. The van der Waals surface area contributed by atoms with Gasteiger partial charge in [-0.15, -0.1) is 0 Å². The number of aliphatic hydroxyl groups is 1. The lowest BCUT2D eigenvalue weighted by molar-refractivity contribution is 0.173. The molecule has 2 rings (SSSR count). The molecule has 0 aliphatic carbocycles. The van der Waals surface area contributed by atoms with Crippen molar-refractivity contribution in [2.75, 3.05) is 0 Å². The Morgan fingerprint density at radius 3 is 2.53 bits per heavy atom. The zero-order valence-corrected chi connectivity index (χ0v) is 11.7. The van der Waals surface area contributed by atoms with Gasteiger partial charge in [0.15, 0.2) is 0 Å². The van der Waals surface area contributed by atoms with E-state index in [0.29, 0.717) is 12.3 Å². The molecule has 19 heavy (non-hydrogen) atoms. The SMILES string of the molecule is Cc1ccc(C(O)Cc2ncnn2CC(C)C)cc1. The molecule has 0 saturated carbocycles. The lowest BCUT2D eigenvalue weighted by Gasteiger charge is -2.13. The van der Waals surface area contributed by atoms with Gasteiger partial charge in [0.2, 0.25) is 0 Å². The van der Waals surface area contributed by atoms with Crippen molar-refractivity contribution in [1.82, 2.24) is 14.8 Å². The Morgan fingerprint density at radius 2 is 1.89 bits per heavy atom. The van der Waals surface area contributed by atoms with E-state index in [4.69, 9.17) is 0 Å². The van der Waals surface area contributed by atoms with E-state index in [1.807, 2.05) is 35.9 Å². The van der Waals surface area contributed by atoms with Crippen molar-refractivity contribution in [2.24, 2.45) is 5.92 Å². The van der Waals surface area contributed by atoms with Gasteiger partial charge in [-0.3, -0.25) is 0 Å². The number of aryl methyl sites for hydroxylation is 1. The molecule has 4 heteroatoms. The first-order valence-corrected chi connectivity index (χ1v) is 6.67. The third kappa shape index (κ3) is 3.64. The standard InChI is InChI=1S/C15H21N3O/c1-11(2)9-18-15(16-10-17-18)8-14(19)13-6-4-12(3)5-7-13/h4-7,10-11,14,19H,8-9H2,1-3H3. The second kappa shape index (κ2) is 5.97. The van der Waals surface area contributed by atoms with Crippen LogP contribution >= 0.6 is 0 Å². The van der Waals surface area contributed by atoms with E-state index >= 15 is 0 Å². The highest BCUT2D eigenvalue weighted by Crippen LogP contribution is 2.18. The van der Waals surface area contributed by atoms with Crippen LogP contribution in [0.4, 0.5) is 0 Å². The summed E-state index contributed by atoms with van der Waals surface area (Å²) in [5.41, 5.74) is 2.11. The van der Waals surface area contributed by atoms with E-state index in [2.05, 4.69) is 23.9 Å². The molecule has 102 valence electrons. The Bertz CT molecular complexity index is 516. The minimum absolute atomic E-state index is 0.496. The number of hydrogen-bond donors (Lipinski definition) is 1. The predicted octanol–water partition coefficient (Wildman–Crippen LogP) is 2.52. The van der Waals surface area contributed by atoms with Crippen LogP contribution in [-0.2, 0) is 13.0 Å². The number of aliphatic hydroxyl groups excluding tert-OH is 1. The maximum Gasteiger partial charge on any atom is 0.138 e. The maximum absolute atomic E-state index is 10.3. The van der Waals surface area contributed by atoms with E-state index < -0.39 is 6.10 Å². The third-order valence-electron chi connectivity index (χ3n) is 3.07. The first-order valence-electron chi connectivity index (χ1n) is 6.67. The average molecular weight is 259 g/mol. The average Bonchev–Trinajstić information content (AvgIpc) is 2.76. The fourth-order valence-electron chi connectivity index (χ4n) is 2.02. The van der Waals surface area contributed by atoms with Crippen LogP contribution in [0.2, 0.25) is 0 Å². The quantitative estimate of drug-likeness (QED) is 0.897. The third-order valence-corrected chi connectivity index (χ3v) is 3.07. The highest BCUT2D eigenvalue weighted by atomic mass is 16.3. The van der Waals surface area contributed by atoms with Gasteiger partial charge >= 0.3 is 0 Å². The largest absolute Gasteiger partial charge is 0.388 e. The minimum Gasteiger partial charge on any atom is -0.388 e. The highest BCUT2D eigenvalue weighted by molar-refractivity contribution is 5.23. The summed E-state index contributed by atoms with van der Waals surface area (Å²) in [6.07, 6.45) is 1.52. The van der Waals surface area contributed by atoms with Gasteiger partial charge in [0.1, 0.15) is 12.2 Å². The summed E-state index contributed by atoms with van der Waals surface area (Å²) in [6.45, 7) is 7.15. The number of nitrogens with zero attached hydrogens (tertiary/aromatic N) is 3. The molecular formula is C15H21N3O. The Kier molecular flexibility index (Phi) is 4.32. The number of benzene rings is 1. The Balaban J connectivity index is 2.08. The van der Waals surface area contributed by atoms with Crippen LogP contribution in [0.15, 0.2) is 30.6 Å². The Hall–Kier alpha value is -1.68. The number of rotatable bonds is 5. The molecule has 0 saturated heterocycles. The van der Waals surface area contributed by atoms with Gasteiger partial charge in [0.05, 0.1) is 6.10 Å². The molecule has 1 heterocycles. The molecule has 0 amide bonds. The summed E-state index contributed by atoms with van der Waals surface area (Å²) in [5, 5.41) is 14.5. The molecule has 0 spiro atoms. The summed E-state index contributed by atoms with van der Waals surface area (Å²) >= 11 is 0. The number of aromatic nitrogens is 3. The maximum atomic E-state index is 10.3. The smallest absolute Gasteiger partial charge is 0.138 e. The van der Waals surface area contributed by atoms with Crippen molar-refractivity contribution in [3.05, 3.63) is 47.5 Å². The van der Waals surface area contributed by atoms with Crippen molar-refractivity contribution in [1.29, 1.82) is 0 Å². The molecule has 1 aromatic heterocycles. The van der Waals surface area contributed by atoms with Crippen molar-refractivity contribution < 1.29 is 5.11 Å². The van der Waals surface area contributed by atoms with Gasteiger partial charge in [-0.25, -0.2) is 9.67 Å². The summed E-state index contributed by atoms with van der Waals surface area (Å²) in [5.74, 6) is 1.35. The van der Waals surface area contributed by atoms with Gasteiger partial charge < -0.3 is 5.11 Å². The summed E-state index contributed by atoms with van der Waals surface area (Å²) in [7, 11) is 0. The second-order valence-electron chi connectivity index (χ2n) is 5.38. The fraction of sp³-hybridized carbons (Fsp3) is 0.467. The van der Waals surface area contributed by atoms with Crippen LogP contribution in [-0.4, -0.2) is 19.9 Å². The predicted molar refractivity (Wildman–Crippen MR) is 74.7 cm³/mol. The van der Waals surface area contributed by atoms with E-state index in [0.717, 1.165) is 17.9 Å². The van der Waals surface area contributed by atoms with Crippen molar-refractivity contribution >= 4 is 0 Å². The molecule has 0 bridgehead atoms. The number of hydrogen-bond acceptors (Lipinski definition) is 3. The van der Waals surface area contributed by atoms with Gasteiger partial charge in [0, 0.05) is 13.0 Å². The topological polar surface area (TPSA) is 50.9 Å². The van der Waals surface area contributed by atoms with Crippen molar-refractivity contribution in [3.8, 4) is 0 Å². The second-order valence-corrected chi connectivity index (χ2v) is 5.38. The fourth-order valence-corrected chi connectivity index (χ4v) is 2.02. The van der Waals surface area contributed by atoms with E-state index in [1.165, 1.54) is 5.56 Å². The van der Waals surface area contributed by atoms with E-state index in [1.54, 1.807) is 6.33 Å². The molecule has 1 atom stereocenters. The molecule has 0 fully saturated rings. The Labute approximate surface area is 114 Å². The summed E-state index contributed by atoms with van der Waals surface area (Å²) in [4.78, 5) is 4.24. The summed E-state index contributed by atoms with van der Waals surface area (Å²) < 4.78 is 1.88. The highest BCUT2D eigenvalue weighted by Gasteiger charge is 2.13. The van der Waals surface area contributed by atoms with Crippen LogP contribution in [0.1, 0.15) is 36.9 Å². The van der Waals surface area contributed by atoms with Crippen molar-refractivity contribution in [3.63, 3.8) is 0 Å². The summed E-state index contributed by atoms with van der Waals surface area (Å²) in [6, 6.07) is 7.95. The van der Waals surface area contributed by atoms with Gasteiger partial charge in [-0.1, -0.05) is 43.7 Å². The zero-order valence-electron chi connectivity index (χ0n) is 11.7. The lowest BCUT2D eigenvalue weighted by Crippen LogP contribution is -2.13. The first-order chi connectivity index (χ1) is 9.06. The van der Waals surface area contributed by atoms with Crippen LogP contribution < -0.4 is 0 Å². The van der Waals surface area contributed by atoms with Gasteiger partial charge in [-0.05, 0) is 18.4 Å². The molecule has 1 aromatic carbocycles. The van der Waals surface area contributed by atoms with E-state index in [-0.39, 0.29) is 0 Å². The molecule has 0 aliphatic rings. The van der Waals surface area contributed by atoms with E-state index in [9.17, 15) is 5.11 Å². The molecule has 1 unspecified atom stereocenters. The van der Waals surface area contributed by atoms with Crippen LogP contribution in [0.25, 0.3) is 0 Å². The normalized spacial score (nSPS) is 12.9. The molecular weight excluding hydrogens is 238 g/mol. The van der Waals surface area contributed by atoms with Gasteiger partial charge in [-0.2, -0.15) is 5.10 Å². The van der Waals surface area contributed by atoms with Crippen LogP contribution in [0.5, 0.6) is 0 Å². The monoisotopic (exact) mass is 259 g/mol. The molecule has 0 aliphatic heterocycles. The van der Waals surface area contributed by atoms with Gasteiger partial charge in [0.25, 0.3) is 0 Å². The molecule has 0 radical (unpaired) electrons. The zero-order chi connectivity index (χ0) is 13.8. The molecule has 4 nitrogen and oxygen atoms in total. The minimum atomic E-state index is -0.532.